The van der Waals surface area contributed by atoms with E-state index in [1.165, 1.54) is 6.26 Å². The summed E-state index contributed by atoms with van der Waals surface area (Å²) in [6.45, 7) is 0.370. The van der Waals surface area contributed by atoms with E-state index in [9.17, 15) is 4.79 Å². The summed E-state index contributed by atoms with van der Waals surface area (Å²) in [5.41, 5.74) is 2.51. The van der Waals surface area contributed by atoms with Crippen LogP contribution in [0.4, 0.5) is 5.69 Å². The van der Waals surface area contributed by atoms with Gasteiger partial charge in [0.15, 0.2) is 5.76 Å². The summed E-state index contributed by atoms with van der Waals surface area (Å²) < 4.78 is 12.6. The van der Waals surface area contributed by atoms with Crippen molar-refractivity contribution >= 4 is 22.9 Å². The minimum Gasteiger partial charge on any atom is -0.487 e. The molecule has 0 saturated heterocycles. The molecular weight excluding hydrogens is 364 g/mol. The van der Waals surface area contributed by atoms with Crippen LogP contribution in [0.15, 0.2) is 64.9 Å². The molecule has 1 amide bonds. The Balaban J connectivity index is 1.34. The molecule has 0 bridgehead atoms. The lowest BCUT2D eigenvalue weighted by Crippen LogP contribution is -2.10. The Hall–Kier alpha value is -3.39. The van der Waals surface area contributed by atoms with Gasteiger partial charge >= 0.3 is 0 Å². The number of aryl methyl sites for hydroxylation is 1. The lowest BCUT2D eigenvalue weighted by Gasteiger charge is -2.06. The van der Waals surface area contributed by atoms with E-state index in [2.05, 4.69) is 15.4 Å². The quantitative estimate of drug-likeness (QED) is 0.547. The Bertz CT molecular complexity index is 1040. The summed E-state index contributed by atoms with van der Waals surface area (Å²) >= 11 is 1.56. The van der Waals surface area contributed by atoms with Crippen molar-refractivity contribution in [3.63, 3.8) is 0 Å². The first-order valence-corrected chi connectivity index (χ1v) is 9.06. The van der Waals surface area contributed by atoms with E-state index in [0.29, 0.717) is 18.0 Å². The number of anilines is 1. The fourth-order valence-corrected chi connectivity index (χ4v) is 3.21. The molecule has 0 aliphatic rings. The molecule has 8 heteroatoms. The van der Waals surface area contributed by atoms with Gasteiger partial charge in [0.25, 0.3) is 5.91 Å². The number of amides is 1. The molecular formula is C19H16N4O3S. The molecule has 136 valence electrons. The number of ether oxygens (including phenoxy) is 1. The third-order valence-electron chi connectivity index (χ3n) is 3.75. The van der Waals surface area contributed by atoms with Crippen molar-refractivity contribution in [3.05, 3.63) is 71.9 Å². The molecule has 0 atom stereocenters. The largest absolute Gasteiger partial charge is 0.487 e. The smallest absolute Gasteiger partial charge is 0.291 e. The van der Waals surface area contributed by atoms with Gasteiger partial charge in [-0.05, 0) is 36.4 Å². The number of rotatable bonds is 6. The second-order valence-electron chi connectivity index (χ2n) is 5.79. The molecule has 4 aromatic rings. The maximum absolute atomic E-state index is 11.9. The van der Waals surface area contributed by atoms with Gasteiger partial charge in [-0.25, -0.2) is 4.98 Å². The molecule has 3 aromatic heterocycles. The molecule has 3 heterocycles. The average Bonchev–Trinajstić information content (AvgIpc) is 3.42. The summed E-state index contributed by atoms with van der Waals surface area (Å²) in [6.07, 6.45) is 5.18. The van der Waals surface area contributed by atoms with Crippen LogP contribution in [0.1, 0.15) is 16.2 Å². The molecule has 4 rings (SSSR count). The monoisotopic (exact) mass is 380 g/mol. The van der Waals surface area contributed by atoms with Crippen LogP contribution in [0.2, 0.25) is 0 Å². The van der Waals surface area contributed by atoms with Crippen LogP contribution in [-0.2, 0) is 13.7 Å². The molecule has 0 radical (unpaired) electrons. The van der Waals surface area contributed by atoms with Gasteiger partial charge in [-0.3, -0.25) is 9.48 Å². The third kappa shape index (κ3) is 4.06. The molecule has 0 saturated carbocycles. The van der Waals surface area contributed by atoms with Crippen molar-refractivity contribution in [1.82, 2.24) is 14.8 Å². The standard InChI is InChI=1S/C19H16N4O3S/c1-23-10-13(9-20-23)19-22-15(12-27-19)11-26-16-6-4-14(5-7-16)21-18(24)17-3-2-8-25-17/h2-10,12H,11H2,1H3,(H,21,24). The van der Waals surface area contributed by atoms with E-state index in [1.54, 1.807) is 58.6 Å². The molecule has 0 spiro atoms. The van der Waals surface area contributed by atoms with E-state index in [0.717, 1.165) is 16.3 Å². The first kappa shape index (κ1) is 17.0. The first-order chi connectivity index (χ1) is 13.2. The van der Waals surface area contributed by atoms with E-state index in [4.69, 9.17) is 9.15 Å². The van der Waals surface area contributed by atoms with Crippen molar-refractivity contribution in [2.75, 3.05) is 5.32 Å². The van der Waals surface area contributed by atoms with Gasteiger partial charge in [0.1, 0.15) is 17.4 Å². The van der Waals surface area contributed by atoms with Gasteiger partial charge in [0.05, 0.1) is 18.2 Å². The van der Waals surface area contributed by atoms with Gasteiger partial charge in [-0.2, -0.15) is 5.10 Å². The van der Waals surface area contributed by atoms with Crippen molar-refractivity contribution in [1.29, 1.82) is 0 Å². The zero-order valence-corrected chi connectivity index (χ0v) is 15.3. The highest BCUT2D eigenvalue weighted by Crippen LogP contribution is 2.24. The summed E-state index contributed by atoms with van der Waals surface area (Å²) in [7, 11) is 1.88. The number of carbonyl (C=O) groups excluding carboxylic acids is 1. The first-order valence-electron chi connectivity index (χ1n) is 8.18. The summed E-state index contributed by atoms with van der Waals surface area (Å²) in [5, 5.41) is 9.81. The third-order valence-corrected chi connectivity index (χ3v) is 4.69. The second-order valence-corrected chi connectivity index (χ2v) is 6.65. The van der Waals surface area contributed by atoms with Crippen LogP contribution >= 0.6 is 11.3 Å². The lowest BCUT2D eigenvalue weighted by molar-refractivity contribution is 0.0996. The SMILES string of the molecule is Cn1cc(-c2nc(COc3ccc(NC(=O)c4ccco4)cc3)cs2)cn1. The van der Waals surface area contributed by atoms with Gasteiger partial charge in [0, 0.05) is 29.9 Å². The van der Waals surface area contributed by atoms with Crippen LogP contribution in [-0.4, -0.2) is 20.7 Å². The minimum absolute atomic E-state index is 0.267. The maximum atomic E-state index is 11.9. The predicted molar refractivity (Wildman–Crippen MR) is 102 cm³/mol. The Kier molecular flexibility index (Phi) is 4.71. The molecule has 7 nitrogen and oxygen atoms in total. The number of carbonyl (C=O) groups is 1. The number of aromatic nitrogens is 3. The van der Waals surface area contributed by atoms with Gasteiger partial charge < -0.3 is 14.5 Å². The van der Waals surface area contributed by atoms with E-state index >= 15 is 0 Å². The van der Waals surface area contributed by atoms with Gasteiger partial charge in [-0.15, -0.1) is 11.3 Å². The highest BCUT2D eigenvalue weighted by molar-refractivity contribution is 7.13. The van der Waals surface area contributed by atoms with Crippen molar-refractivity contribution in [2.45, 2.75) is 6.61 Å². The zero-order chi connectivity index (χ0) is 18.6. The highest BCUT2D eigenvalue weighted by atomic mass is 32.1. The van der Waals surface area contributed by atoms with Crippen molar-refractivity contribution in [2.24, 2.45) is 7.05 Å². The number of hydrogen-bond donors (Lipinski definition) is 1. The predicted octanol–water partition coefficient (Wildman–Crippen LogP) is 3.97. The highest BCUT2D eigenvalue weighted by Gasteiger charge is 2.09. The van der Waals surface area contributed by atoms with Gasteiger partial charge in [-0.1, -0.05) is 0 Å². The molecule has 0 aliphatic heterocycles. The second kappa shape index (κ2) is 7.46. The average molecular weight is 380 g/mol. The Morgan fingerprint density at radius 1 is 1.30 bits per heavy atom. The number of thiazole rings is 1. The van der Waals surface area contributed by atoms with Crippen molar-refractivity contribution < 1.29 is 13.9 Å². The van der Waals surface area contributed by atoms with E-state index in [1.807, 2.05) is 18.6 Å². The maximum Gasteiger partial charge on any atom is 0.291 e. The Morgan fingerprint density at radius 3 is 2.85 bits per heavy atom. The fraction of sp³-hybridized carbons (Fsp3) is 0.105. The summed E-state index contributed by atoms with van der Waals surface area (Å²) in [4.78, 5) is 16.5. The topological polar surface area (TPSA) is 82.2 Å². The van der Waals surface area contributed by atoms with Crippen LogP contribution in [0.5, 0.6) is 5.75 Å². The molecule has 0 unspecified atom stereocenters. The normalized spacial score (nSPS) is 10.7. The number of benzene rings is 1. The summed E-state index contributed by atoms with van der Waals surface area (Å²) in [6, 6.07) is 10.4. The zero-order valence-electron chi connectivity index (χ0n) is 14.5. The fourth-order valence-electron chi connectivity index (χ4n) is 2.43. The number of furan rings is 1. The van der Waals surface area contributed by atoms with E-state index < -0.39 is 0 Å². The van der Waals surface area contributed by atoms with Crippen LogP contribution in [0.25, 0.3) is 10.6 Å². The van der Waals surface area contributed by atoms with Gasteiger partial charge in [0.2, 0.25) is 0 Å². The molecule has 1 N–H and O–H groups in total. The lowest BCUT2D eigenvalue weighted by atomic mass is 10.3. The van der Waals surface area contributed by atoms with E-state index in [-0.39, 0.29) is 11.7 Å². The summed E-state index contributed by atoms with van der Waals surface area (Å²) in [5.74, 6) is 0.671. The Labute approximate surface area is 159 Å². The van der Waals surface area contributed by atoms with Crippen LogP contribution in [0, 0.1) is 0 Å². The molecule has 1 aromatic carbocycles. The minimum atomic E-state index is -0.293. The van der Waals surface area contributed by atoms with Crippen LogP contribution in [0.3, 0.4) is 0 Å². The van der Waals surface area contributed by atoms with Crippen LogP contribution < -0.4 is 10.1 Å². The molecule has 0 fully saturated rings. The number of nitrogens with one attached hydrogen (secondary N) is 1. The number of hydrogen-bond acceptors (Lipinski definition) is 6. The Morgan fingerprint density at radius 2 is 2.15 bits per heavy atom. The van der Waals surface area contributed by atoms with Crippen molar-refractivity contribution in [3.8, 4) is 16.3 Å². The number of nitrogens with zero attached hydrogens (tertiary/aromatic N) is 3. The molecule has 27 heavy (non-hydrogen) atoms. The molecule has 0 aliphatic carbocycles.